The maximum Gasteiger partial charge on any atom is -0.000742 e. The summed E-state index contributed by atoms with van der Waals surface area (Å²) in [6.45, 7) is 0. The zero-order valence-electron chi connectivity index (χ0n) is 22.0. The molecule has 0 radical (unpaired) electrons. The van der Waals surface area contributed by atoms with Gasteiger partial charge in [-0.2, -0.15) is 0 Å². The molecular weight excluding hydrogens is 480 g/mol. The molecule has 0 fully saturated rings. The second kappa shape index (κ2) is 9.22. The molecule has 0 atom stereocenters. The highest BCUT2D eigenvalue weighted by molar-refractivity contribution is 6.35. The lowest BCUT2D eigenvalue weighted by atomic mass is 9.80. The molecule has 0 nitrogen and oxygen atoms in total. The van der Waals surface area contributed by atoms with Crippen LogP contribution in [0.5, 0.6) is 0 Å². The smallest absolute Gasteiger partial charge is 0.000742 e. The molecule has 0 saturated heterocycles. The van der Waals surface area contributed by atoms with Gasteiger partial charge in [0.25, 0.3) is 0 Å². The van der Waals surface area contributed by atoms with E-state index in [1.165, 1.54) is 76.5 Å². The topological polar surface area (TPSA) is 0 Å². The van der Waals surface area contributed by atoms with E-state index in [1.807, 2.05) is 0 Å². The normalized spacial score (nSPS) is 11.5. The van der Waals surface area contributed by atoms with E-state index in [-0.39, 0.29) is 0 Å². The van der Waals surface area contributed by atoms with Crippen molar-refractivity contribution in [1.82, 2.24) is 0 Å². The van der Waals surface area contributed by atoms with Crippen LogP contribution in [-0.4, -0.2) is 0 Å². The van der Waals surface area contributed by atoms with Gasteiger partial charge in [-0.3, -0.25) is 0 Å². The summed E-state index contributed by atoms with van der Waals surface area (Å²) in [5.74, 6) is 0. The highest BCUT2D eigenvalue weighted by Crippen LogP contribution is 2.50. The Hall–Kier alpha value is -5.20. The van der Waals surface area contributed by atoms with Gasteiger partial charge in [0.2, 0.25) is 0 Å². The number of benzene rings is 8. The molecule has 0 spiro atoms. The van der Waals surface area contributed by atoms with Gasteiger partial charge in [0, 0.05) is 0 Å². The molecule has 0 saturated carbocycles. The Morgan fingerprint density at radius 3 is 1.43 bits per heavy atom. The molecule has 0 amide bonds. The Kier molecular flexibility index (Phi) is 5.24. The molecule has 0 unspecified atom stereocenters. The molecule has 0 bridgehead atoms. The monoisotopic (exact) mass is 506 g/mol. The van der Waals surface area contributed by atoms with E-state index in [0.717, 1.165) is 0 Å². The van der Waals surface area contributed by atoms with Crippen molar-refractivity contribution in [3.8, 4) is 33.4 Å². The summed E-state index contributed by atoms with van der Waals surface area (Å²) in [5, 5.41) is 10.4. The van der Waals surface area contributed by atoms with Crippen molar-refractivity contribution < 1.29 is 0 Å². The largest absolute Gasteiger partial charge is 0.0622 e. The molecule has 8 rings (SSSR count). The second-order valence-corrected chi connectivity index (χ2v) is 10.4. The first-order valence-electron chi connectivity index (χ1n) is 13.9. The van der Waals surface area contributed by atoms with Crippen molar-refractivity contribution in [3.63, 3.8) is 0 Å². The Morgan fingerprint density at radius 1 is 0.275 bits per heavy atom. The molecule has 0 heterocycles. The van der Waals surface area contributed by atoms with Crippen molar-refractivity contribution in [3.05, 3.63) is 158 Å². The third-order valence-corrected chi connectivity index (χ3v) is 8.22. The van der Waals surface area contributed by atoms with E-state index in [1.54, 1.807) is 0 Å². The second-order valence-electron chi connectivity index (χ2n) is 10.4. The minimum absolute atomic E-state index is 1.22. The zero-order valence-corrected chi connectivity index (χ0v) is 22.0. The Bertz CT molecular complexity index is 2170. The van der Waals surface area contributed by atoms with Crippen molar-refractivity contribution in [2.24, 2.45) is 0 Å². The van der Waals surface area contributed by atoms with Gasteiger partial charge < -0.3 is 0 Å². The lowest BCUT2D eigenvalue weighted by Gasteiger charge is -2.23. The van der Waals surface area contributed by atoms with Crippen LogP contribution in [0.2, 0.25) is 0 Å². The standard InChI is InChI=1S/C40H26/c1-4-14-27(15-5-1)35-26-36-33-23-13-12-22-32(33)34-25-24-28-16-10-11-21-31(28)39(34)40(36)38(30-19-8-3-9-20-30)37(35)29-17-6-2-7-18-29/h1-26H. The molecule has 0 aromatic heterocycles. The van der Waals surface area contributed by atoms with Crippen LogP contribution in [0.4, 0.5) is 0 Å². The summed E-state index contributed by atoms with van der Waals surface area (Å²) in [6, 6.07) is 57.5. The van der Waals surface area contributed by atoms with E-state index in [9.17, 15) is 0 Å². The lowest BCUT2D eigenvalue weighted by Crippen LogP contribution is -1.95. The fourth-order valence-electron chi connectivity index (χ4n) is 6.52. The summed E-state index contributed by atoms with van der Waals surface area (Å²) >= 11 is 0. The maximum atomic E-state index is 2.45. The van der Waals surface area contributed by atoms with Crippen LogP contribution in [0.1, 0.15) is 0 Å². The Morgan fingerprint density at radius 2 is 0.775 bits per heavy atom. The van der Waals surface area contributed by atoms with Crippen LogP contribution >= 0.6 is 0 Å². The van der Waals surface area contributed by atoms with Gasteiger partial charge in [-0.15, -0.1) is 0 Å². The highest BCUT2D eigenvalue weighted by atomic mass is 14.2. The van der Waals surface area contributed by atoms with Gasteiger partial charge in [0.1, 0.15) is 0 Å². The molecule has 0 aliphatic heterocycles. The molecule has 186 valence electrons. The third-order valence-electron chi connectivity index (χ3n) is 8.22. The first-order valence-corrected chi connectivity index (χ1v) is 13.9. The fourth-order valence-corrected chi connectivity index (χ4v) is 6.52. The van der Waals surface area contributed by atoms with Gasteiger partial charge in [0.05, 0.1) is 0 Å². The zero-order chi connectivity index (χ0) is 26.5. The predicted molar refractivity (Wildman–Crippen MR) is 173 cm³/mol. The molecular formula is C40H26. The first-order chi connectivity index (χ1) is 19.9. The molecule has 8 aromatic carbocycles. The van der Waals surface area contributed by atoms with Crippen molar-refractivity contribution in [2.75, 3.05) is 0 Å². The molecule has 0 aliphatic carbocycles. The van der Waals surface area contributed by atoms with Crippen LogP contribution in [0.3, 0.4) is 0 Å². The minimum Gasteiger partial charge on any atom is -0.0622 e. The predicted octanol–water partition coefficient (Wildman–Crippen LogP) is 11.3. The average molecular weight is 507 g/mol. The Balaban J connectivity index is 1.74. The third kappa shape index (κ3) is 3.47. The first kappa shape index (κ1) is 22.8. The summed E-state index contributed by atoms with van der Waals surface area (Å²) in [5.41, 5.74) is 7.49. The number of hydrogen-bond donors (Lipinski definition) is 0. The Labute approximate surface area is 233 Å². The molecule has 0 aliphatic rings. The quantitative estimate of drug-likeness (QED) is 0.209. The molecule has 0 heteroatoms. The molecule has 8 aromatic rings. The number of fused-ring (bicyclic) bond motifs is 8. The van der Waals surface area contributed by atoms with E-state index in [2.05, 4.69) is 158 Å². The summed E-state index contributed by atoms with van der Waals surface area (Å²) in [7, 11) is 0. The van der Waals surface area contributed by atoms with Gasteiger partial charge in [-0.1, -0.05) is 152 Å². The van der Waals surface area contributed by atoms with E-state index in [4.69, 9.17) is 0 Å². The van der Waals surface area contributed by atoms with Gasteiger partial charge in [-0.05, 0) is 82.5 Å². The van der Waals surface area contributed by atoms with Crippen LogP contribution in [0.15, 0.2) is 158 Å². The van der Waals surface area contributed by atoms with Crippen LogP contribution in [0, 0.1) is 0 Å². The van der Waals surface area contributed by atoms with Crippen molar-refractivity contribution >= 4 is 43.1 Å². The highest BCUT2D eigenvalue weighted by Gasteiger charge is 2.22. The average Bonchev–Trinajstić information content (AvgIpc) is 3.05. The van der Waals surface area contributed by atoms with Crippen molar-refractivity contribution in [1.29, 1.82) is 0 Å². The molecule has 40 heavy (non-hydrogen) atoms. The van der Waals surface area contributed by atoms with Gasteiger partial charge in [-0.25, -0.2) is 0 Å². The number of rotatable bonds is 3. The van der Waals surface area contributed by atoms with Crippen LogP contribution < -0.4 is 0 Å². The minimum atomic E-state index is 1.22. The van der Waals surface area contributed by atoms with Crippen molar-refractivity contribution in [2.45, 2.75) is 0 Å². The van der Waals surface area contributed by atoms with E-state index >= 15 is 0 Å². The molecule has 0 N–H and O–H groups in total. The van der Waals surface area contributed by atoms with Crippen LogP contribution in [0.25, 0.3) is 76.5 Å². The lowest BCUT2D eigenvalue weighted by molar-refractivity contribution is 1.59. The fraction of sp³-hybridized carbons (Fsp3) is 0. The maximum absolute atomic E-state index is 2.45. The summed E-state index contributed by atoms with van der Waals surface area (Å²) in [6.07, 6.45) is 0. The van der Waals surface area contributed by atoms with Gasteiger partial charge >= 0.3 is 0 Å². The van der Waals surface area contributed by atoms with Crippen LogP contribution in [-0.2, 0) is 0 Å². The number of hydrogen-bond acceptors (Lipinski definition) is 0. The summed E-state index contributed by atoms with van der Waals surface area (Å²) in [4.78, 5) is 0. The van der Waals surface area contributed by atoms with E-state index in [0.29, 0.717) is 0 Å². The van der Waals surface area contributed by atoms with E-state index < -0.39 is 0 Å². The van der Waals surface area contributed by atoms with Gasteiger partial charge in [0.15, 0.2) is 0 Å². The summed E-state index contributed by atoms with van der Waals surface area (Å²) < 4.78 is 0. The SMILES string of the molecule is c1ccc(-c2cc3c4ccccc4c4ccc5ccccc5c4c3c(-c3ccccc3)c2-c2ccccc2)cc1.